The number of methoxy groups -OCH3 is 2. The highest BCUT2D eigenvalue weighted by Crippen LogP contribution is 2.31. The lowest BCUT2D eigenvalue weighted by Crippen LogP contribution is -2.41. The molecule has 0 radical (unpaired) electrons. The second-order valence-electron chi connectivity index (χ2n) is 4.91. The number of halogens is 1. The Kier molecular flexibility index (Phi) is 7.60. The van der Waals surface area contributed by atoms with Gasteiger partial charge in [-0.25, -0.2) is 0 Å². The van der Waals surface area contributed by atoms with Crippen LogP contribution in [0.4, 0.5) is 0 Å². The van der Waals surface area contributed by atoms with Crippen LogP contribution < -0.4 is 9.47 Å². The van der Waals surface area contributed by atoms with E-state index in [4.69, 9.17) is 9.47 Å². The van der Waals surface area contributed by atoms with Crippen LogP contribution in [0.3, 0.4) is 0 Å². The highest BCUT2D eigenvalue weighted by molar-refractivity contribution is 14.1. The van der Waals surface area contributed by atoms with Gasteiger partial charge < -0.3 is 19.3 Å². The van der Waals surface area contributed by atoms with Gasteiger partial charge in [0.25, 0.3) is 5.91 Å². The molecule has 0 unspecified atom stereocenters. The van der Waals surface area contributed by atoms with E-state index in [1.807, 2.05) is 13.8 Å². The maximum absolute atomic E-state index is 12.6. The molecule has 0 bridgehead atoms. The number of nitrogens with zero attached hydrogens (tertiary/aromatic N) is 2. The van der Waals surface area contributed by atoms with Gasteiger partial charge in [-0.05, 0) is 48.6 Å². The Hall–Kier alpha value is -1.51. The van der Waals surface area contributed by atoms with Gasteiger partial charge in [0.05, 0.1) is 26.3 Å². The summed E-state index contributed by atoms with van der Waals surface area (Å²) < 4.78 is 11.2. The first-order valence-electron chi connectivity index (χ1n) is 7.34. The highest BCUT2D eigenvalue weighted by atomic mass is 127. The van der Waals surface area contributed by atoms with Crippen LogP contribution in [0.5, 0.6) is 11.5 Å². The molecule has 1 aromatic rings. The van der Waals surface area contributed by atoms with Crippen LogP contribution in [0.25, 0.3) is 0 Å². The second kappa shape index (κ2) is 8.95. The number of likely N-dealkylation sites (N-methyl/N-ethyl adjacent to an activating group) is 2. The second-order valence-corrected chi connectivity index (χ2v) is 6.08. The van der Waals surface area contributed by atoms with Gasteiger partial charge in [0.15, 0.2) is 11.5 Å². The number of hydrogen-bond acceptors (Lipinski definition) is 4. The number of rotatable bonds is 7. The number of amides is 2. The largest absolute Gasteiger partial charge is 0.493 e. The standard InChI is InChI=1S/C16H23IN2O4/c1-6-19(7-2)15(20)10-18(3)16(21)11-8-13(22-4)14(23-5)9-12(11)17/h8-9H,6-7,10H2,1-5H3. The van der Waals surface area contributed by atoms with E-state index < -0.39 is 0 Å². The average Bonchev–Trinajstić information content (AvgIpc) is 2.54. The average molecular weight is 434 g/mol. The molecule has 0 saturated carbocycles. The van der Waals surface area contributed by atoms with E-state index >= 15 is 0 Å². The fourth-order valence-corrected chi connectivity index (χ4v) is 2.84. The van der Waals surface area contributed by atoms with Gasteiger partial charge in [0, 0.05) is 23.7 Å². The first-order valence-corrected chi connectivity index (χ1v) is 8.42. The summed E-state index contributed by atoms with van der Waals surface area (Å²) >= 11 is 2.07. The Morgan fingerprint density at radius 3 is 2.09 bits per heavy atom. The van der Waals surface area contributed by atoms with Gasteiger partial charge in [-0.3, -0.25) is 9.59 Å². The first kappa shape index (κ1) is 19.5. The van der Waals surface area contributed by atoms with Crippen molar-refractivity contribution in [3.63, 3.8) is 0 Å². The number of carbonyl (C=O) groups is 2. The fourth-order valence-electron chi connectivity index (χ4n) is 2.17. The summed E-state index contributed by atoms with van der Waals surface area (Å²) in [5, 5.41) is 0. The normalized spacial score (nSPS) is 10.2. The first-order chi connectivity index (χ1) is 10.9. The van der Waals surface area contributed by atoms with E-state index in [1.54, 1.807) is 31.2 Å². The van der Waals surface area contributed by atoms with E-state index in [2.05, 4.69) is 22.6 Å². The zero-order chi connectivity index (χ0) is 17.6. The van der Waals surface area contributed by atoms with Crippen molar-refractivity contribution in [3.05, 3.63) is 21.3 Å². The van der Waals surface area contributed by atoms with Gasteiger partial charge in [0.1, 0.15) is 0 Å². The van der Waals surface area contributed by atoms with Gasteiger partial charge in [0.2, 0.25) is 5.91 Å². The van der Waals surface area contributed by atoms with Crippen LogP contribution in [-0.4, -0.2) is 62.5 Å². The molecule has 23 heavy (non-hydrogen) atoms. The summed E-state index contributed by atoms with van der Waals surface area (Å²) in [7, 11) is 4.69. The van der Waals surface area contributed by atoms with Crippen molar-refractivity contribution in [1.29, 1.82) is 0 Å². The van der Waals surface area contributed by atoms with Crippen LogP contribution in [-0.2, 0) is 4.79 Å². The summed E-state index contributed by atoms with van der Waals surface area (Å²) in [6.45, 7) is 5.14. The van der Waals surface area contributed by atoms with Gasteiger partial charge in [-0.1, -0.05) is 0 Å². The molecule has 0 atom stereocenters. The van der Waals surface area contributed by atoms with E-state index in [0.29, 0.717) is 30.2 Å². The summed E-state index contributed by atoms with van der Waals surface area (Å²) in [5.74, 6) is 0.757. The van der Waals surface area contributed by atoms with Gasteiger partial charge in [-0.2, -0.15) is 0 Å². The van der Waals surface area contributed by atoms with Crippen LogP contribution in [0.2, 0.25) is 0 Å². The summed E-state index contributed by atoms with van der Waals surface area (Å²) in [6, 6.07) is 3.38. The zero-order valence-corrected chi connectivity index (χ0v) is 16.3. The molecule has 1 rings (SSSR count). The molecule has 6 nitrogen and oxygen atoms in total. The lowest BCUT2D eigenvalue weighted by molar-refractivity contribution is -0.131. The van der Waals surface area contributed by atoms with Crippen LogP contribution in [0, 0.1) is 3.57 Å². The van der Waals surface area contributed by atoms with Crippen molar-refractivity contribution in [3.8, 4) is 11.5 Å². The SMILES string of the molecule is CCN(CC)C(=O)CN(C)C(=O)c1cc(OC)c(OC)cc1I. The lowest BCUT2D eigenvalue weighted by atomic mass is 10.1. The quantitative estimate of drug-likeness (QED) is 0.618. The molecule has 0 aromatic heterocycles. The van der Waals surface area contributed by atoms with E-state index in [0.717, 1.165) is 3.57 Å². The Morgan fingerprint density at radius 1 is 1.09 bits per heavy atom. The Balaban J connectivity index is 2.98. The molecule has 0 heterocycles. The highest BCUT2D eigenvalue weighted by Gasteiger charge is 2.21. The molecule has 0 aliphatic carbocycles. The Bertz CT molecular complexity index is 573. The van der Waals surface area contributed by atoms with Crippen molar-refractivity contribution in [2.75, 3.05) is 40.9 Å². The lowest BCUT2D eigenvalue weighted by Gasteiger charge is -2.23. The third-order valence-corrected chi connectivity index (χ3v) is 4.43. The summed E-state index contributed by atoms with van der Waals surface area (Å²) in [5.41, 5.74) is 0.484. The molecule has 128 valence electrons. The minimum Gasteiger partial charge on any atom is -0.493 e. The van der Waals surface area contributed by atoms with Crippen LogP contribution >= 0.6 is 22.6 Å². The number of benzene rings is 1. The van der Waals surface area contributed by atoms with Gasteiger partial charge >= 0.3 is 0 Å². The smallest absolute Gasteiger partial charge is 0.255 e. The predicted octanol–water partition coefficient (Wildman–Crippen LogP) is 2.25. The fraction of sp³-hybridized carbons (Fsp3) is 0.500. The molecule has 0 saturated heterocycles. The van der Waals surface area contributed by atoms with Crippen molar-refractivity contribution in [2.24, 2.45) is 0 Å². The molecule has 1 aromatic carbocycles. The zero-order valence-electron chi connectivity index (χ0n) is 14.2. The van der Waals surface area contributed by atoms with E-state index in [1.165, 1.54) is 12.0 Å². The number of carbonyl (C=O) groups excluding carboxylic acids is 2. The molecule has 0 aliphatic heterocycles. The molecule has 7 heteroatoms. The van der Waals surface area contributed by atoms with Crippen molar-refractivity contribution >= 4 is 34.4 Å². The molecule has 0 aliphatic rings. The Morgan fingerprint density at radius 2 is 1.61 bits per heavy atom. The summed E-state index contributed by atoms with van der Waals surface area (Å²) in [4.78, 5) is 27.9. The number of ether oxygens (including phenoxy) is 2. The molecule has 2 amide bonds. The Labute approximate surface area is 150 Å². The summed E-state index contributed by atoms with van der Waals surface area (Å²) in [6.07, 6.45) is 0. The monoisotopic (exact) mass is 434 g/mol. The van der Waals surface area contributed by atoms with Crippen LogP contribution in [0.1, 0.15) is 24.2 Å². The molecule has 0 fully saturated rings. The molecular formula is C16H23IN2O4. The van der Waals surface area contributed by atoms with Crippen molar-refractivity contribution < 1.29 is 19.1 Å². The van der Waals surface area contributed by atoms with E-state index in [-0.39, 0.29) is 18.4 Å². The number of hydrogen-bond donors (Lipinski definition) is 0. The maximum Gasteiger partial charge on any atom is 0.255 e. The molecule has 0 N–H and O–H groups in total. The third kappa shape index (κ3) is 4.73. The van der Waals surface area contributed by atoms with E-state index in [9.17, 15) is 9.59 Å². The molecular weight excluding hydrogens is 411 g/mol. The van der Waals surface area contributed by atoms with Gasteiger partial charge in [-0.15, -0.1) is 0 Å². The third-order valence-electron chi connectivity index (χ3n) is 3.54. The van der Waals surface area contributed by atoms with Crippen LogP contribution in [0.15, 0.2) is 12.1 Å². The van der Waals surface area contributed by atoms with Crippen molar-refractivity contribution in [1.82, 2.24) is 9.80 Å². The minimum absolute atomic E-state index is 0.0466. The predicted molar refractivity (Wildman–Crippen MR) is 97.2 cm³/mol. The maximum atomic E-state index is 12.6. The van der Waals surface area contributed by atoms with Crippen molar-refractivity contribution in [2.45, 2.75) is 13.8 Å². The molecule has 0 spiro atoms. The minimum atomic E-state index is -0.226. The topological polar surface area (TPSA) is 59.1 Å².